The number of hydrogen-bond donors (Lipinski definition) is 2. The zero-order valence-electron chi connectivity index (χ0n) is 19.8. The maximum Gasteiger partial charge on any atom is 0.328 e. The standard InChI is InChI=1S/C26H29N7O2/c1-17-23-24-31-25(29-17)35-12-4-2-3-5-19-13-18(15-33(24)26(34)30-23)6-9-22(19)20-14-28-32(16-20)11-10-27-21-7-8-21/h2-3,6,9,13-14,16,21,27H,4-5,7-8,10-12,15H2,1H3,(H,30,34)/b3-2+. The summed E-state index contributed by atoms with van der Waals surface area (Å²) in [6.45, 7) is 4.54. The molecule has 180 valence electrons. The summed E-state index contributed by atoms with van der Waals surface area (Å²) >= 11 is 0. The average molecular weight is 472 g/mol. The number of allylic oxidation sites excluding steroid dienone is 1. The molecule has 4 heterocycles. The molecule has 0 radical (unpaired) electrons. The van der Waals surface area contributed by atoms with Gasteiger partial charge in [-0.25, -0.2) is 4.79 Å². The smallest absolute Gasteiger partial charge is 0.328 e. The fourth-order valence-electron chi connectivity index (χ4n) is 4.58. The van der Waals surface area contributed by atoms with Gasteiger partial charge >= 0.3 is 11.7 Å². The Bertz CT molecular complexity index is 1460. The predicted molar refractivity (Wildman–Crippen MR) is 134 cm³/mol. The van der Waals surface area contributed by atoms with E-state index in [1.54, 1.807) is 4.57 Å². The molecule has 9 nitrogen and oxygen atoms in total. The van der Waals surface area contributed by atoms with E-state index in [9.17, 15) is 4.79 Å². The summed E-state index contributed by atoms with van der Waals surface area (Å²) in [5, 5.41) is 8.12. The van der Waals surface area contributed by atoms with Gasteiger partial charge in [-0.05, 0) is 49.3 Å². The predicted octanol–water partition coefficient (Wildman–Crippen LogP) is 2.97. The second-order valence-electron chi connectivity index (χ2n) is 9.33. The van der Waals surface area contributed by atoms with Crippen LogP contribution < -0.4 is 15.7 Å². The van der Waals surface area contributed by atoms with Crippen LogP contribution in [0.1, 0.15) is 36.1 Å². The lowest BCUT2D eigenvalue weighted by Gasteiger charge is -2.12. The number of fused-ring (bicyclic) bond motifs is 3. The Morgan fingerprint density at radius 2 is 2.14 bits per heavy atom. The molecular formula is C26H29N7O2. The van der Waals surface area contributed by atoms with Crippen molar-refractivity contribution in [1.82, 2.24) is 34.6 Å². The van der Waals surface area contributed by atoms with Gasteiger partial charge in [0, 0.05) is 24.3 Å². The number of benzene rings is 1. The number of aryl methyl sites for hydroxylation is 1. The minimum Gasteiger partial charge on any atom is -0.463 e. The maximum absolute atomic E-state index is 12.8. The third-order valence-corrected chi connectivity index (χ3v) is 6.61. The molecule has 1 fully saturated rings. The van der Waals surface area contributed by atoms with Crippen LogP contribution in [-0.2, 0) is 19.5 Å². The Balaban J connectivity index is 1.34. The lowest BCUT2D eigenvalue weighted by Crippen LogP contribution is -2.21. The highest BCUT2D eigenvalue weighted by atomic mass is 16.5. The highest BCUT2D eigenvalue weighted by Crippen LogP contribution is 2.27. The molecule has 0 unspecified atom stereocenters. The molecule has 2 aliphatic rings. The maximum atomic E-state index is 12.8. The van der Waals surface area contributed by atoms with Crippen LogP contribution in [-0.4, -0.2) is 48.5 Å². The highest BCUT2D eigenvalue weighted by Gasteiger charge is 2.20. The van der Waals surface area contributed by atoms with E-state index in [0.29, 0.717) is 42.1 Å². The monoisotopic (exact) mass is 471 g/mol. The first-order valence-electron chi connectivity index (χ1n) is 12.3. The number of ether oxygens (including phenoxy) is 1. The molecule has 0 atom stereocenters. The lowest BCUT2D eigenvalue weighted by atomic mass is 9.97. The van der Waals surface area contributed by atoms with Crippen LogP contribution in [0.15, 0.2) is 47.5 Å². The van der Waals surface area contributed by atoms with E-state index in [4.69, 9.17) is 4.74 Å². The van der Waals surface area contributed by atoms with Crippen molar-refractivity contribution in [3.8, 4) is 17.1 Å². The summed E-state index contributed by atoms with van der Waals surface area (Å²) < 4.78 is 9.44. The Labute approximate surface area is 202 Å². The minimum atomic E-state index is -0.201. The van der Waals surface area contributed by atoms with E-state index in [-0.39, 0.29) is 5.69 Å². The van der Waals surface area contributed by atoms with Gasteiger partial charge in [0.05, 0.1) is 31.6 Å². The first-order chi connectivity index (χ1) is 17.1. The number of imidazole rings is 1. The molecule has 0 spiro atoms. The van der Waals surface area contributed by atoms with Crippen LogP contribution in [0.2, 0.25) is 0 Å². The van der Waals surface area contributed by atoms with Gasteiger partial charge in [-0.1, -0.05) is 30.4 Å². The van der Waals surface area contributed by atoms with Gasteiger partial charge in [0.15, 0.2) is 5.65 Å². The highest BCUT2D eigenvalue weighted by molar-refractivity contribution is 5.73. The SMILES string of the molecule is Cc1nc2nc3c1[nH]c(=O)n3Cc1ccc(-c3cnn(CCNC4CC4)c3)c(c1)C/C=C/CCO2. The quantitative estimate of drug-likeness (QED) is 0.434. The summed E-state index contributed by atoms with van der Waals surface area (Å²) in [5.74, 6) is 0. The first-order valence-corrected chi connectivity index (χ1v) is 12.3. The van der Waals surface area contributed by atoms with Gasteiger partial charge in [-0.3, -0.25) is 9.25 Å². The summed E-state index contributed by atoms with van der Waals surface area (Å²) in [6.07, 6.45) is 12.5. The first kappa shape index (κ1) is 21.8. The summed E-state index contributed by atoms with van der Waals surface area (Å²) in [6, 6.07) is 7.41. The number of aromatic amines is 1. The van der Waals surface area contributed by atoms with Crippen LogP contribution in [0.5, 0.6) is 6.01 Å². The second kappa shape index (κ2) is 9.14. The number of rotatable bonds is 5. The molecule has 0 amide bonds. The number of nitrogens with one attached hydrogen (secondary N) is 2. The van der Waals surface area contributed by atoms with Crippen molar-refractivity contribution >= 4 is 11.2 Å². The van der Waals surface area contributed by atoms with Crippen molar-refractivity contribution in [2.24, 2.45) is 0 Å². The Morgan fingerprint density at radius 1 is 1.23 bits per heavy atom. The Kier molecular flexibility index (Phi) is 5.69. The molecule has 1 aliphatic heterocycles. The number of hydrogen-bond acceptors (Lipinski definition) is 6. The number of H-pyrrole nitrogens is 1. The molecule has 6 rings (SSSR count). The second-order valence-corrected chi connectivity index (χ2v) is 9.33. The average Bonchev–Trinajstić information content (AvgIpc) is 3.46. The molecule has 3 aromatic heterocycles. The summed E-state index contributed by atoms with van der Waals surface area (Å²) in [7, 11) is 0. The van der Waals surface area contributed by atoms with Crippen molar-refractivity contribution in [2.75, 3.05) is 13.2 Å². The van der Waals surface area contributed by atoms with Crippen molar-refractivity contribution in [3.05, 3.63) is 70.0 Å². The van der Waals surface area contributed by atoms with Gasteiger partial charge in [0.1, 0.15) is 5.52 Å². The van der Waals surface area contributed by atoms with Gasteiger partial charge in [-0.15, -0.1) is 0 Å². The number of aromatic nitrogens is 6. The van der Waals surface area contributed by atoms with Crippen molar-refractivity contribution in [1.29, 1.82) is 0 Å². The van der Waals surface area contributed by atoms with E-state index < -0.39 is 0 Å². The molecule has 1 aliphatic carbocycles. The molecule has 0 saturated heterocycles. The van der Waals surface area contributed by atoms with Gasteiger partial charge in [0.25, 0.3) is 0 Å². The van der Waals surface area contributed by atoms with E-state index in [2.05, 4.69) is 61.9 Å². The van der Waals surface area contributed by atoms with Crippen LogP contribution >= 0.6 is 0 Å². The number of nitrogens with zero attached hydrogens (tertiary/aromatic N) is 5. The van der Waals surface area contributed by atoms with E-state index >= 15 is 0 Å². The molecule has 9 heteroatoms. The minimum absolute atomic E-state index is 0.201. The summed E-state index contributed by atoms with van der Waals surface area (Å²) in [4.78, 5) is 24.6. The zero-order chi connectivity index (χ0) is 23.8. The van der Waals surface area contributed by atoms with Gasteiger partial charge < -0.3 is 15.0 Å². The van der Waals surface area contributed by atoms with E-state index in [1.807, 2.05) is 17.8 Å². The van der Waals surface area contributed by atoms with Crippen molar-refractivity contribution in [2.45, 2.75) is 51.7 Å². The van der Waals surface area contributed by atoms with Crippen LogP contribution in [0.25, 0.3) is 22.3 Å². The third kappa shape index (κ3) is 4.64. The topological polar surface area (TPSA) is 103 Å². The third-order valence-electron chi connectivity index (χ3n) is 6.61. The normalized spacial score (nSPS) is 16.8. The Hall–Kier alpha value is -3.72. The molecule has 1 saturated carbocycles. The fraction of sp³-hybridized carbons (Fsp3) is 0.385. The van der Waals surface area contributed by atoms with Crippen molar-refractivity contribution < 1.29 is 4.74 Å². The molecule has 1 aromatic carbocycles. The van der Waals surface area contributed by atoms with Crippen LogP contribution in [0.3, 0.4) is 0 Å². The Morgan fingerprint density at radius 3 is 3.03 bits per heavy atom. The molecule has 35 heavy (non-hydrogen) atoms. The van der Waals surface area contributed by atoms with E-state index in [1.165, 1.54) is 18.4 Å². The van der Waals surface area contributed by atoms with Crippen LogP contribution in [0.4, 0.5) is 0 Å². The molecular weight excluding hydrogens is 442 g/mol. The fourth-order valence-corrected chi connectivity index (χ4v) is 4.58. The summed E-state index contributed by atoms with van der Waals surface area (Å²) in [5.41, 5.74) is 6.22. The van der Waals surface area contributed by atoms with Crippen LogP contribution in [0, 0.1) is 6.92 Å². The van der Waals surface area contributed by atoms with E-state index in [0.717, 1.165) is 42.6 Å². The zero-order valence-corrected chi connectivity index (χ0v) is 19.8. The van der Waals surface area contributed by atoms with Gasteiger partial charge in [-0.2, -0.15) is 15.1 Å². The largest absolute Gasteiger partial charge is 0.463 e. The molecule has 2 N–H and O–H groups in total. The molecule has 4 aromatic rings. The molecule has 4 bridgehead atoms. The van der Waals surface area contributed by atoms with Gasteiger partial charge in [0.2, 0.25) is 0 Å². The van der Waals surface area contributed by atoms with Crippen molar-refractivity contribution in [3.63, 3.8) is 0 Å². The lowest BCUT2D eigenvalue weighted by molar-refractivity contribution is 0.299.